The molecular weight excluding hydrogens is 299 g/mol. The van der Waals surface area contributed by atoms with E-state index in [-0.39, 0.29) is 5.82 Å². The Bertz CT molecular complexity index is 548. The number of hydrogen-bond donors (Lipinski definition) is 1. The molecule has 0 saturated heterocycles. The van der Waals surface area contributed by atoms with Crippen molar-refractivity contribution in [1.29, 1.82) is 0 Å². The molecule has 0 fully saturated rings. The van der Waals surface area contributed by atoms with E-state index in [9.17, 15) is 4.39 Å². The molecule has 3 nitrogen and oxygen atoms in total. The molecule has 94 valence electrons. The first-order chi connectivity index (χ1) is 8.67. The fraction of sp³-hybridized carbons (Fsp3) is 0.154. The van der Waals surface area contributed by atoms with Gasteiger partial charge in [0, 0.05) is 23.3 Å². The number of pyridine rings is 1. The summed E-state index contributed by atoms with van der Waals surface area (Å²) in [4.78, 5) is 3.98. The fourth-order valence-corrected chi connectivity index (χ4v) is 1.91. The second-order valence-electron chi connectivity index (χ2n) is 3.77. The Morgan fingerprint density at radius 2 is 2.06 bits per heavy atom. The monoisotopic (exact) mass is 310 g/mol. The zero-order valence-corrected chi connectivity index (χ0v) is 11.4. The van der Waals surface area contributed by atoms with Gasteiger partial charge in [-0.15, -0.1) is 0 Å². The quantitative estimate of drug-likeness (QED) is 0.938. The molecule has 2 rings (SSSR count). The Balaban J connectivity index is 2.23. The van der Waals surface area contributed by atoms with Crippen molar-refractivity contribution >= 4 is 15.9 Å². The summed E-state index contributed by atoms with van der Waals surface area (Å²) in [7, 11) is 1.81. The molecule has 5 heteroatoms. The molecule has 0 saturated carbocycles. The van der Waals surface area contributed by atoms with E-state index in [0.29, 0.717) is 18.0 Å². The topological polar surface area (TPSA) is 34.1 Å². The molecule has 1 N–H and O–H groups in total. The van der Waals surface area contributed by atoms with Crippen LogP contribution in [0, 0.1) is 5.82 Å². The molecule has 0 aliphatic rings. The van der Waals surface area contributed by atoms with Crippen LogP contribution < -0.4 is 10.1 Å². The van der Waals surface area contributed by atoms with Gasteiger partial charge in [0.05, 0.1) is 6.20 Å². The molecule has 0 amide bonds. The summed E-state index contributed by atoms with van der Waals surface area (Å²) in [5.74, 6) is 0.700. The number of halogens is 2. The van der Waals surface area contributed by atoms with E-state index in [0.717, 1.165) is 10.0 Å². The molecule has 1 heterocycles. The van der Waals surface area contributed by atoms with Crippen LogP contribution in [-0.2, 0) is 6.54 Å². The molecule has 0 radical (unpaired) electrons. The molecular formula is C13H12BrFN2O. The standard InChI is InChI=1S/C13H12BrFN2O/c1-16-6-9-2-11(15)5-12(3-9)18-13-4-10(14)7-17-8-13/h2-5,7-8,16H,6H2,1H3. The van der Waals surface area contributed by atoms with Crippen LogP contribution in [0.5, 0.6) is 11.5 Å². The van der Waals surface area contributed by atoms with Crippen LogP contribution in [0.25, 0.3) is 0 Å². The first-order valence-electron chi connectivity index (χ1n) is 5.40. The predicted molar refractivity (Wildman–Crippen MR) is 71.2 cm³/mol. The lowest BCUT2D eigenvalue weighted by Crippen LogP contribution is -2.05. The Morgan fingerprint density at radius 1 is 1.22 bits per heavy atom. The number of hydrogen-bond acceptors (Lipinski definition) is 3. The van der Waals surface area contributed by atoms with Crippen LogP contribution in [0.3, 0.4) is 0 Å². The first kappa shape index (κ1) is 13.0. The third-order valence-electron chi connectivity index (χ3n) is 2.23. The minimum absolute atomic E-state index is 0.319. The second kappa shape index (κ2) is 5.93. The molecule has 0 atom stereocenters. The average Bonchev–Trinajstić information content (AvgIpc) is 2.28. The number of rotatable bonds is 4. The Kier molecular flexibility index (Phi) is 4.28. The van der Waals surface area contributed by atoms with Gasteiger partial charge in [-0.2, -0.15) is 0 Å². The summed E-state index contributed by atoms with van der Waals surface area (Å²) in [5.41, 5.74) is 0.829. The van der Waals surface area contributed by atoms with Crippen molar-refractivity contribution in [1.82, 2.24) is 10.3 Å². The normalized spacial score (nSPS) is 10.4. The van der Waals surface area contributed by atoms with E-state index in [1.54, 1.807) is 24.5 Å². The highest BCUT2D eigenvalue weighted by atomic mass is 79.9. The summed E-state index contributed by atoms with van der Waals surface area (Å²) in [6, 6.07) is 6.39. The summed E-state index contributed by atoms with van der Waals surface area (Å²) in [6.45, 7) is 0.588. The molecule has 1 aromatic heterocycles. The molecule has 2 aromatic rings. The van der Waals surface area contributed by atoms with Crippen LogP contribution in [0.2, 0.25) is 0 Å². The van der Waals surface area contributed by atoms with Gasteiger partial charge in [0.15, 0.2) is 0 Å². The minimum atomic E-state index is -0.319. The van der Waals surface area contributed by atoms with Crippen molar-refractivity contribution in [3.63, 3.8) is 0 Å². The summed E-state index contributed by atoms with van der Waals surface area (Å²) in [5, 5.41) is 2.97. The lowest BCUT2D eigenvalue weighted by atomic mass is 10.2. The van der Waals surface area contributed by atoms with Gasteiger partial charge in [-0.25, -0.2) is 4.39 Å². The largest absolute Gasteiger partial charge is 0.456 e. The zero-order chi connectivity index (χ0) is 13.0. The summed E-state index contributed by atoms with van der Waals surface area (Å²) in [6.07, 6.45) is 3.23. The zero-order valence-electron chi connectivity index (χ0n) is 9.78. The van der Waals surface area contributed by atoms with E-state index < -0.39 is 0 Å². The Morgan fingerprint density at radius 3 is 2.78 bits per heavy atom. The number of nitrogens with zero attached hydrogens (tertiary/aromatic N) is 1. The van der Waals surface area contributed by atoms with E-state index in [4.69, 9.17) is 4.74 Å². The Hall–Kier alpha value is -1.46. The molecule has 18 heavy (non-hydrogen) atoms. The number of benzene rings is 1. The van der Waals surface area contributed by atoms with Crippen molar-refractivity contribution in [2.24, 2.45) is 0 Å². The highest BCUT2D eigenvalue weighted by Gasteiger charge is 2.03. The molecule has 0 aliphatic heterocycles. The highest BCUT2D eigenvalue weighted by Crippen LogP contribution is 2.25. The summed E-state index contributed by atoms with van der Waals surface area (Å²) < 4.78 is 19.8. The van der Waals surface area contributed by atoms with E-state index in [1.807, 2.05) is 7.05 Å². The molecule has 0 unspecified atom stereocenters. The first-order valence-corrected chi connectivity index (χ1v) is 6.19. The van der Waals surface area contributed by atoms with Crippen molar-refractivity contribution in [2.45, 2.75) is 6.54 Å². The lowest BCUT2D eigenvalue weighted by Gasteiger charge is -2.08. The number of aromatic nitrogens is 1. The van der Waals surface area contributed by atoms with Gasteiger partial charge in [-0.05, 0) is 46.7 Å². The molecule has 0 aliphatic carbocycles. The average molecular weight is 311 g/mol. The van der Waals surface area contributed by atoms with Gasteiger partial charge < -0.3 is 10.1 Å². The third-order valence-corrected chi connectivity index (χ3v) is 2.66. The second-order valence-corrected chi connectivity index (χ2v) is 4.68. The molecule has 0 spiro atoms. The van der Waals surface area contributed by atoms with Crippen molar-refractivity contribution in [3.8, 4) is 11.5 Å². The molecule has 0 bridgehead atoms. The maximum absolute atomic E-state index is 13.4. The van der Waals surface area contributed by atoms with Crippen LogP contribution in [0.15, 0.2) is 41.1 Å². The maximum atomic E-state index is 13.4. The fourth-order valence-electron chi connectivity index (χ4n) is 1.57. The van der Waals surface area contributed by atoms with Gasteiger partial charge in [0.25, 0.3) is 0 Å². The predicted octanol–water partition coefficient (Wildman–Crippen LogP) is 3.49. The van der Waals surface area contributed by atoms with E-state index in [1.165, 1.54) is 12.1 Å². The summed E-state index contributed by atoms with van der Waals surface area (Å²) >= 11 is 3.30. The van der Waals surface area contributed by atoms with E-state index in [2.05, 4.69) is 26.2 Å². The maximum Gasteiger partial charge on any atom is 0.146 e. The minimum Gasteiger partial charge on any atom is -0.456 e. The van der Waals surface area contributed by atoms with Crippen LogP contribution in [0.4, 0.5) is 4.39 Å². The number of ether oxygens (including phenoxy) is 1. The van der Waals surface area contributed by atoms with Gasteiger partial charge >= 0.3 is 0 Å². The van der Waals surface area contributed by atoms with Crippen LogP contribution in [-0.4, -0.2) is 12.0 Å². The van der Waals surface area contributed by atoms with Gasteiger partial charge in [0.1, 0.15) is 17.3 Å². The van der Waals surface area contributed by atoms with Crippen molar-refractivity contribution < 1.29 is 9.13 Å². The van der Waals surface area contributed by atoms with Crippen molar-refractivity contribution in [2.75, 3.05) is 7.05 Å². The SMILES string of the molecule is CNCc1cc(F)cc(Oc2cncc(Br)c2)c1. The highest BCUT2D eigenvalue weighted by molar-refractivity contribution is 9.10. The van der Waals surface area contributed by atoms with Gasteiger partial charge in [0.2, 0.25) is 0 Å². The smallest absolute Gasteiger partial charge is 0.146 e. The molecule has 1 aromatic carbocycles. The third kappa shape index (κ3) is 3.51. The van der Waals surface area contributed by atoms with Crippen molar-refractivity contribution in [3.05, 3.63) is 52.5 Å². The van der Waals surface area contributed by atoms with Crippen LogP contribution >= 0.6 is 15.9 Å². The van der Waals surface area contributed by atoms with E-state index >= 15 is 0 Å². The van der Waals surface area contributed by atoms with Gasteiger partial charge in [-0.1, -0.05) is 0 Å². The van der Waals surface area contributed by atoms with Gasteiger partial charge in [-0.3, -0.25) is 4.98 Å². The lowest BCUT2D eigenvalue weighted by molar-refractivity contribution is 0.473. The number of nitrogens with one attached hydrogen (secondary N) is 1. The Labute approximate surface area is 113 Å². The van der Waals surface area contributed by atoms with Crippen LogP contribution in [0.1, 0.15) is 5.56 Å².